The predicted octanol–water partition coefficient (Wildman–Crippen LogP) is -1.06. The molecule has 7 nitrogen and oxygen atoms in total. The van der Waals surface area contributed by atoms with Crippen LogP contribution < -0.4 is 5.73 Å². The first-order valence-corrected chi connectivity index (χ1v) is 10.1. The van der Waals surface area contributed by atoms with Crippen LogP contribution in [0.3, 0.4) is 0 Å². The molecule has 0 spiro atoms. The van der Waals surface area contributed by atoms with Crippen molar-refractivity contribution >= 4 is 19.9 Å². The molecule has 0 aliphatic carbocycles. The molecule has 2 fully saturated rings. The molecular formula is C11H22N2O5S2. The molecule has 0 aromatic rings. The van der Waals surface area contributed by atoms with E-state index in [2.05, 4.69) is 0 Å². The molecule has 0 bridgehead atoms. The number of nitrogens with zero attached hydrogens (tertiary/aromatic N) is 1. The van der Waals surface area contributed by atoms with Gasteiger partial charge in [0.1, 0.15) is 0 Å². The first kappa shape index (κ1) is 16.2. The molecule has 0 aromatic heterocycles. The molecule has 3 atom stereocenters. The van der Waals surface area contributed by atoms with Crippen LogP contribution in [0.2, 0.25) is 0 Å². The van der Waals surface area contributed by atoms with E-state index < -0.39 is 25.1 Å². The number of nitrogens with two attached hydrogens (primary N) is 1. The van der Waals surface area contributed by atoms with E-state index in [4.69, 9.17) is 10.5 Å². The first-order valence-electron chi connectivity index (χ1n) is 6.74. The van der Waals surface area contributed by atoms with Crippen LogP contribution in [-0.2, 0) is 24.6 Å². The van der Waals surface area contributed by atoms with Crippen molar-refractivity contribution in [2.75, 3.05) is 31.7 Å². The Hall–Kier alpha value is -0.220. The normalized spacial score (nSPS) is 35.2. The standard InChI is InChI=1S/C11H22N2O5S2/c1-18-10-2-4-13(9(6-10)7-12)20(16,17)11-3-5-19(14,15)8-11/h9-11H,2-8,12H2,1H3. The summed E-state index contributed by atoms with van der Waals surface area (Å²) in [6.45, 7) is 0.567. The molecule has 9 heteroatoms. The maximum Gasteiger partial charge on any atom is 0.218 e. The van der Waals surface area contributed by atoms with Gasteiger partial charge in [-0.1, -0.05) is 0 Å². The topological polar surface area (TPSA) is 107 Å². The van der Waals surface area contributed by atoms with Gasteiger partial charge in [-0.2, -0.15) is 4.31 Å². The highest BCUT2D eigenvalue weighted by Gasteiger charge is 2.44. The average molecular weight is 326 g/mol. The fourth-order valence-electron chi connectivity index (χ4n) is 2.94. The molecule has 2 N–H and O–H groups in total. The average Bonchev–Trinajstić information content (AvgIpc) is 2.79. The molecule has 118 valence electrons. The number of methoxy groups -OCH3 is 1. The molecule has 20 heavy (non-hydrogen) atoms. The second-order valence-corrected chi connectivity index (χ2v) is 9.85. The Morgan fingerprint density at radius 3 is 2.55 bits per heavy atom. The Bertz CT molecular complexity index is 545. The Labute approximate surface area is 120 Å². The molecular weight excluding hydrogens is 304 g/mol. The van der Waals surface area contributed by atoms with E-state index in [1.54, 1.807) is 7.11 Å². The van der Waals surface area contributed by atoms with Crippen LogP contribution in [0, 0.1) is 0 Å². The summed E-state index contributed by atoms with van der Waals surface area (Å²) in [5.74, 6) is -0.310. The molecule has 3 unspecified atom stereocenters. The number of hydrogen-bond acceptors (Lipinski definition) is 6. The van der Waals surface area contributed by atoms with E-state index in [1.807, 2.05) is 0 Å². The van der Waals surface area contributed by atoms with Crippen LogP contribution in [0.15, 0.2) is 0 Å². The van der Waals surface area contributed by atoms with Crippen molar-refractivity contribution in [3.8, 4) is 0 Å². The van der Waals surface area contributed by atoms with Crippen LogP contribution in [0.4, 0.5) is 0 Å². The SMILES string of the molecule is COC1CCN(S(=O)(=O)C2CCS(=O)(=O)C2)C(CN)C1. The molecule has 2 heterocycles. The van der Waals surface area contributed by atoms with Crippen molar-refractivity contribution in [3.63, 3.8) is 0 Å². The lowest BCUT2D eigenvalue weighted by Crippen LogP contribution is -2.53. The molecule has 0 aromatic carbocycles. The summed E-state index contributed by atoms with van der Waals surface area (Å²) in [5.41, 5.74) is 5.68. The van der Waals surface area contributed by atoms with Crippen LogP contribution in [0.5, 0.6) is 0 Å². The minimum absolute atomic E-state index is 0.0160. The fourth-order valence-corrected chi connectivity index (χ4v) is 7.69. The molecule has 2 aliphatic heterocycles. The van der Waals surface area contributed by atoms with E-state index in [9.17, 15) is 16.8 Å². The summed E-state index contributed by atoms with van der Waals surface area (Å²) in [5, 5.41) is -0.819. The first-order chi connectivity index (χ1) is 9.30. The van der Waals surface area contributed by atoms with Crippen LogP contribution in [0.1, 0.15) is 19.3 Å². The largest absolute Gasteiger partial charge is 0.381 e. The van der Waals surface area contributed by atoms with E-state index >= 15 is 0 Å². The summed E-state index contributed by atoms with van der Waals surface area (Å²) in [7, 11) is -5.22. The van der Waals surface area contributed by atoms with Crippen molar-refractivity contribution in [1.82, 2.24) is 4.31 Å². The number of ether oxygens (including phenoxy) is 1. The van der Waals surface area contributed by atoms with Gasteiger partial charge in [-0.25, -0.2) is 16.8 Å². The van der Waals surface area contributed by atoms with Gasteiger partial charge >= 0.3 is 0 Å². The van der Waals surface area contributed by atoms with Gasteiger partial charge in [-0.3, -0.25) is 0 Å². The Morgan fingerprint density at radius 2 is 2.05 bits per heavy atom. The van der Waals surface area contributed by atoms with E-state index in [-0.39, 0.29) is 36.6 Å². The zero-order chi connectivity index (χ0) is 15.0. The van der Waals surface area contributed by atoms with Gasteiger partial charge in [-0.05, 0) is 19.3 Å². The lowest BCUT2D eigenvalue weighted by molar-refractivity contribution is 0.0399. The number of piperidine rings is 1. The van der Waals surface area contributed by atoms with Gasteiger partial charge < -0.3 is 10.5 Å². The lowest BCUT2D eigenvalue weighted by atomic mass is 10.0. The van der Waals surface area contributed by atoms with E-state index in [0.29, 0.717) is 19.4 Å². The molecule has 0 radical (unpaired) electrons. The summed E-state index contributed by atoms with van der Waals surface area (Å²) >= 11 is 0. The number of hydrogen-bond donors (Lipinski definition) is 1. The Morgan fingerprint density at radius 1 is 1.35 bits per heavy atom. The van der Waals surface area contributed by atoms with Crippen molar-refractivity contribution in [2.45, 2.75) is 36.7 Å². The third-order valence-electron chi connectivity index (χ3n) is 4.16. The van der Waals surface area contributed by atoms with Crippen molar-refractivity contribution < 1.29 is 21.6 Å². The maximum atomic E-state index is 12.6. The van der Waals surface area contributed by atoms with Gasteiger partial charge in [0.05, 0.1) is 22.9 Å². The number of rotatable bonds is 4. The summed E-state index contributed by atoms with van der Waals surface area (Å²) in [6.07, 6.45) is 1.38. The van der Waals surface area contributed by atoms with Crippen molar-refractivity contribution in [2.24, 2.45) is 5.73 Å². The monoisotopic (exact) mass is 326 g/mol. The second-order valence-electron chi connectivity index (χ2n) is 5.45. The minimum atomic E-state index is -3.61. The summed E-state index contributed by atoms with van der Waals surface area (Å²) in [4.78, 5) is 0. The Balaban J connectivity index is 2.17. The fraction of sp³-hybridized carbons (Fsp3) is 1.00. The summed E-state index contributed by atoms with van der Waals surface area (Å²) < 4.78 is 54.9. The molecule has 2 rings (SSSR count). The highest BCUT2D eigenvalue weighted by Crippen LogP contribution is 2.28. The summed E-state index contributed by atoms with van der Waals surface area (Å²) in [6, 6.07) is -0.304. The second kappa shape index (κ2) is 5.88. The van der Waals surface area contributed by atoms with Crippen molar-refractivity contribution in [1.29, 1.82) is 0 Å². The van der Waals surface area contributed by atoms with Gasteiger partial charge in [-0.15, -0.1) is 0 Å². The van der Waals surface area contributed by atoms with Crippen molar-refractivity contribution in [3.05, 3.63) is 0 Å². The lowest BCUT2D eigenvalue weighted by Gasteiger charge is -2.38. The molecule has 0 saturated carbocycles. The third-order valence-corrected chi connectivity index (χ3v) is 8.52. The van der Waals surface area contributed by atoms with Gasteiger partial charge in [0, 0.05) is 26.2 Å². The smallest absolute Gasteiger partial charge is 0.218 e. The zero-order valence-electron chi connectivity index (χ0n) is 11.6. The molecule has 2 saturated heterocycles. The molecule has 0 amide bonds. The van der Waals surface area contributed by atoms with Crippen LogP contribution in [-0.4, -0.2) is 70.2 Å². The maximum absolute atomic E-state index is 12.6. The zero-order valence-corrected chi connectivity index (χ0v) is 13.2. The number of sulfonamides is 1. The highest BCUT2D eigenvalue weighted by molar-refractivity contribution is 7.95. The van der Waals surface area contributed by atoms with Gasteiger partial charge in [0.2, 0.25) is 10.0 Å². The van der Waals surface area contributed by atoms with Crippen LogP contribution in [0.25, 0.3) is 0 Å². The minimum Gasteiger partial charge on any atom is -0.381 e. The Kier molecular flexibility index (Phi) is 4.75. The quantitative estimate of drug-likeness (QED) is 0.706. The highest BCUT2D eigenvalue weighted by atomic mass is 32.2. The predicted molar refractivity (Wildman–Crippen MR) is 75.6 cm³/mol. The van der Waals surface area contributed by atoms with E-state index in [0.717, 1.165) is 0 Å². The van der Waals surface area contributed by atoms with Crippen LogP contribution >= 0.6 is 0 Å². The van der Waals surface area contributed by atoms with Gasteiger partial charge in [0.15, 0.2) is 9.84 Å². The third kappa shape index (κ3) is 3.16. The molecule has 2 aliphatic rings. The van der Waals surface area contributed by atoms with Gasteiger partial charge in [0.25, 0.3) is 0 Å². The van der Waals surface area contributed by atoms with E-state index in [1.165, 1.54) is 4.31 Å². The number of sulfone groups is 1.